The SMILES string of the molecule is CCC(CCO)CNCc1cc(Cl)cc(Cl)c1. The molecule has 0 spiro atoms. The van der Waals surface area contributed by atoms with Gasteiger partial charge in [0.2, 0.25) is 0 Å². The van der Waals surface area contributed by atoms with Crippen LogP contribution in [-0.4, -0.2) is 18.3 Å². The standard InChI is InChI=1S/C13H19Cl2NO/c1-2-10(3-4-17)8-16-9-11-5-12(14)7-13(15)6-11/h5-7,10,16-17H,2-4,8-9H2,1H3. The van der Waals surface area contributed by atoms with Crippen LogP contribution in [0, 0.1) is 5.92 Å². The molecule has 96 valence electrons. The molecule has 1 rings (SSSR count). The summed E-state index contributed by atoms with van der Waals surface area (Å²) in [5.41, 5.74) is 1.08. The zero-order valence-electron chi connectivity index (χ0n) is 10.0. The van der Waals surface area contributed by atoms with Crippen molar-refractivity contribution in [2.75, 3.05) is 13.2 Å². The number of hydrogen-bond donors (Lipinski definition) is 2. The highest BCUT2D eigenvalue weighted by atomic mass is 35.5. The first-order valence-corrected chi connectivity index (χ1v) is 6.67. The lowest BCUT2D eigenvalue weighted by Crippen LogP contribution is -2.22. The van der Waals surface area contributed by atoms with Crippen molar-refractivity contribution < 1.29 is 5.11 Å². The summed E-state index contributed by atoms with van der Waals surface area (Å²) in [7, 11) is 0. The summed E-state index contributed by atoms with van der Waals surface area (Å²) in [4.78, 5) is 0. The second-order valence-corrected chi connectivity index (χ2v) is 5.07. The Labute approximate surface area is 113 Å². The maximum absolute atomic E-state index is 8.89. The van der Waals surface area contributed by atoms with Gasteiger partial charge >= 0.3 is 0 Å². The molecule has 0 fully saturated rings. The number of nitrogens with one attached hydrogen (secondary N) is 1. The van der Waals surface area contributed by atoms with Gasteiger partial charge in [-0.1, -0.05) is 36.5 Å². The fraction of sp³-hybridized carbons (Fsp3) is 0.538. The Hall–Kier alpha value is -0.280. The van der Waals surface area contributed by atoms with Gasteiger partial charge in [0.05, 0.1) is 0 Å². The molecule has 2 nitrogen and oxygen atoms in total. The fourth-order valence-corrected chi connectivity index (χ4v) is 2.34. The van der Waals surface area contributed by atoms with Gasteiger partial charge in [0.1, 0.15) is 0 Å². The summed E-state index contributed by atoms with van der Waals surface area (Å²) in [6.45, 7) is 4.05. The first-order chi connectivity index (χ1) is 8.15. The molecule has 1 unspecified atom stereocenters. The fourth-order valence-electron chi connectivity index (χ4n) is 1.77. The summed E-state index contributed by atoms with van der Waals surface area (Å²) in [5.74, 6) is 0.523. The van der Waals surface area contributed by atoms with E-state index < -0.39 is 0 Å². The van der Waals surface area contributed by atoms with Crippen molar-refractivity contribution in [1.82, 2.24) is 5.32 Å². The minimum atomic E-state index is 0.253. The maximum Gasteiger partial charge on any atom is 0.0434 e. The molecule has 0 bridgehead atoms. The van der Waals surface area contributed by atoms with Gasteiger partial charge in [0.25, 0.3) is 0 Å². The van der Waals surface area contributed by atoms with Crippen LogP contribution in [0.2, 0.25) is 10.0 Å². The monoisotopic (exact) mass is 275 g/mol. The van der Waals surface area contributed by atoms with E-state index in [1.807, 2.05) is 12.1 Å². The average Bonchev–Trinajstić information content (AvgIpc) is 2.26. The molecule has 0 aliphatic carbocycles. The molecule has 1 atom stereocenters. The van der Waals surface area contributed by atoms with Crippen LogP contribution in [-0.2, 0) is 6.54 Å². The number of rotatable bonds is 7. The predicted octanol–water partition coefficient (Wildman–Crippen LogP) is 3.49. The molecule has 2 N–H and O–H groups in total. The number of aliphatic hydroxyl groups is 1. The minimum Gasteiger partial charge on any atom is -0.396 e. The number of aliphatic hydroxyl groups excluding tert-OH is 1. The molecular formula is C13H19Cl2NO. The second kappa shape index (κ2) is 7.93. The van der Waals surface area contributed by atoms with Crippen molar-refractivity contribution in [2.24, 2.45) is 5.92 Å². The molecule has 0 saturated heterocycles. The van der Waals surface area contributed by atoms with Gasteiger partial charge in [-0.2, -0.15) is 0 Å². The predicted molar refractivity (Wildman–Crippen MR) is 73.7 cm³/mol. The van der Waals surface area contributed by atoms with Crippen LogP contribution in [0.15, 0.2) is 18.2 Å². The molecule has 0 heterocycles. The van der Waals surface area contributed by atoms with Crippen molar-refractivity contribution in [3.8, 4) is 0 Å². The van der Waals surface area contributed by atoms with Gasteiger partial charge in [-0.25, -0.2) is 0 Å². The van der Waals surface area contributed by atoms with Gasteiger partial charge in [0, 0.05) is 23.2 Å². The molecule has 1 aromatic rings. The summed E-state index contributed by atoms with van der Waals surface area (Å²) in [6, 6.07) is 5.55. The van der Waals surface area contributed by atoms with Crippen molar-refractivity contribution in [3.05, 3.63) is 33.8 Å². The lowest BCUT2D eigenvalue weighted by molar-refractivity contribution is 0.251. The Kier molecular flexibility index (Phi) is 6.90. The average molecular weight is 276 g/mol. The molecule has 0 aliphatic heterocycles. The molecule has 0 aliphatic rings. The van der Waals surface area contributed by atoms with Gasteiger partial charge in [0.15, 0.2) is 0 Å². The summed E-state index contributed by atoms with van der Waals surface area (Å²) in [5, 5.41) is 13.6. The van der Waals surface area contributed by atoms with Crippen LogP contribution in [0.25, 0.3) is 0 Å². The highest BCUT2D eigenvalue weighted by Crippen LogP contribution is 2.19. The molecule has 17 heavy (non-hydrogen) atoms. The first-order valence-electron chi connectivity index (χ1n) is 5.92. The van der Waals surface area contributed by atoms with Gasteiger partial charge in [-0.15, -0.1) is 0 Å². The van der Waals surface area contributed by atoms with Gasteiger partial charge in [-0.3, -0.25) is 0 Å². The van der Waals surface area contributed by atoms with E-state index in [1.54, 1.807) is 6.07 Å². The first kappa shape index (κ1) is 14.8. The zero-order chi connectivity index (χ0) is 12.7. The van der Waals surface area contributed by atoms with Crippen LogP contribution in [0.5, 0.6) is 0 Å². The van der Waals surface area contributed by atoms with E-state index in [-0.39, 0.29) is 6.61 Å². The van der Waals surface area contributed by atoms with E-state index in [0.29, 0.717) is 16.0 Å². The molecule has 0 amide bonds. The second-order valence-electron chi connectivity index (χ2n) is 4.20. The smallest absolute Gasteiger partial charge is 0.0434 e. The number of hydrogen-bond acceptors (Lipinski definition) is 2. The minimum absolute atomic E-state index is 0.253. The summed E-state index contributed by atoms with van der Waals surface area (Å²) < 4.78 is 0. The molecule has 1 aromatic carbocycles. The van der Waals surface area contributed by atoms with Gasteiger partial charge < -0.3 is 10.4 Å². The van der Waals surface area contributed by atoms with Crippen LogP contribution >= 0.6 is 23.2 Å². The van der Waals surface area contributed by atoms with Crippen molar-refractivity contribution in [3.63, 3.8) is 0 Å². The zero-order valence-corrected chi connectivity index (χ0v) is 11.6. The van der Waals surface area contributed by atoms with Crippen LogP contribution in [0.4, 0.5) is 0 Å². The van der Waals surface area contributed by atoms with Gasteiger partial charge in [-0.05, 0) is 42.6 Å². The lowest BCUT2D eigenvalue weighted by atomic mass is 10.0. The Bertz CT molecular complexity index is 324. The topological polar surface area (TPSA) is 32.3 Å². The van der Waals surface area contributed by atoms with Crippen LogP contribution < -0.4 is 5.32 Å². The highest BCUT2D eigenvalue weighted by molar-refractivity contribution is 6.34. The van der Waals surface area contributed by atoms with E-state index in [2.05, 4.69) is 12.2 Å². The van der Waals surface area contributed by atoms with Crippen LogP contribution in [0.3, 0.4) is 0 Å². The van der Waals surface area contributed by atoms with E-state index in [4.69, 9.17) is 28.3 Å². The molecule has 0 radical (unpaired) electrons. The third-order valence-corrected chi connectivity index (χ3v) is 3.24. The largest absolute Gasteiger partial charge is 0.396 e. The number of halogens is 2. The third kappa shape index (κ3) is 5.73. The molecule has 0 aromatic heterocycles. The van der Waals surface area contributed by atoms with Crippen molar-refractivity contribution in [1.29, 1.82) is 0 Å². The van der Waals surface area contributed by atoms with E-state index in [0.717, 1.165) is 31.5 Å². The Balaban J connectivity index is 2.39. The normalized spacial score (nSPS) is 12.7. The Morgan fingerprint density at radius 2 is 1.88 bits per heavy atom. The number of benzene rings is 1. The van der Waals surface area contributed by atoms with E-state index in [1.165, 1.54) is 0 Å². The van der Waals surface area contributed by atoms with Crippen LogP contribution in [0.1, 0.15) is 25.3 Å². The van der Waals surface area contributed by atoms with E-state index >= 15 is 0 Å². The maximum atomic E-state index is 8.89. The molecule has 0 saturated carbocycles. The van der Waals surface area contributed by atoms with E-state index in [9.17, 15) is 0 Å². The summed E-state index contributed by atoms with van der Waals surface area (Å²) in [6.07, 6.45) is 1.92. The summed E-state index contributed by atoms with van der Waals surface area (Å²) >= 11 is 11.8. The van der Waals surface area contributed by atoms with Crippen molar-refractivity contribution in [2.45, 2.75) is 26.3 Å². The van der Waals surface area contributed by atoms with Crippen molar-refractivity contribution >= 4 is 23.2 Å². The third-order valence-electron chi connectivity index (χ3n) is 2.80. The highest BCUT2D eigenvalue weighted by Gasteiger charge is 2.05. The Morgan fingerprint density at radius 3 is 2.41 bits per heavy atom. The molecule has 4 heteroatoms. The Morgan fingerprint density at radius 1 is 1.24 bits per heavy atom. The lowest BCUT2D eigenvalue weighted by Gasteiger charge is -2.14. The quantitative estimate of drug-likeness (QED) is 0.799. The molecular weight excluding hydrogens is 257 g/mol.